The maximum absolute atomic E-state index is 5.25. The van der Waals surface area contributed by atoms with Crippen molar-refractivity contribution in [2.45, 2.75) is 39.2 Å². The highest BCUT2D eigenvalue weighted by Gasteiger charge is 2.18. The van der Waals surface area contributed by atoms with E-state index in [-0.39, 0.29) is 0 Å². The smallest absolute Gasteiger partial charge is 0.0578 e. The number of hydrogen-bond donors (Lipinski definition) is 1. The standard InChI is InChI=1S/C13H15N.C2H6/c1-2-10-14-13-9-5-7-11-6-3-4-8-12(11)13;1-2/h1,3-4,6,8,13-14H,5,7,9-10H2;1-2H3. The highest BCUT2D eigenvalue weighted by Crippen LogP contribution is 2.28. The van der Waals surface area contributed by atoms with Crippen molar-refractivity contribution in [2.24, 2.45) is 0 Å². The third kappa shape index (κ3) is 3.12. The van der Waals surface area contributed by atoms with Gasteiger partial charge in [0.25, 0.3) is 0 Å². The van der Waals surface area contributed by atoms with Gasteiger partial charge in [-0.3, -0.25) is 5.32 Å². The van der Waals surface area contributed by atoms with E-state index in [9.17, 15) is 0 Å². The van der Waals surface area contributed by atoms with Crippen molar-refractivity contribution in [3.8, 4) is 12.3 Å². The van der Waals surface area contributed by atoms with Gasteiger partial charge in [0.2, 0.25) is 0 Å². The van der Waals surface area contributed by atoms with E-state index in [4.69, 9.17) is 6.42 Å². The van der Waals surface area contributed by atoms with Gasteiger partial charge in [0.1, 0.15) is 0 Å². The Bertz CT molecular complexity index is 349. The van der Waals surface area contributed by atoms with Crippen LogP contribution in [0.3, 0.4) is 0 Å². The SMILES string of the molecule is C#CCNC1CCCc2ccccc21.CC. The molecule has 0 radical (unpaired) electrons. The molecule has 86 valence electrons. The van der Waals surface area contributed by atoms with Crippen molar-refractivity contribution in [1.29, 1.82) is 0 Å². The Balaban J connectivity index is 0.000000606. The molecular formula is C15H21N. The lowest BCUT2D eigenvalue weighted by molar-refractivity contribution is 0.483. The van der Waals surface area contributed by atoms with E-state index in [0.29, 0.717) is 12.6 Å². The zero-order valence-electron chi connectivity index (χ0n) is 10.3. The van der Waals surface area contributed by atoms with E-state index < -0.39 is 0 Å². The fourth-order valence-corrected chi connectivity index (χ4v) is 2.15. The predicted molar refractivity (Wildman–Crippen MR) is 70.3 cm³/mol. The van der Waals surface area contributed by atoms with E-state index >= 15 is 0 Å². The molecule has 1 atom stereocenters. The van der Waals surface area contributed by atoms with E-state index in [0.717, 1.165) is 0 Å². The predicted octanol–water partition coefficient (Wildman–Crippen LogP) is 3.31. The molecule has 0 saturated carbocycles. The molecule has 1 aromatic rings. The van der Waals surface area contributed by atoms with Gasteiger partial charge in [-0.05, 0) is 30.4 Å². The van der Waals surface area contributed by atoms with Crippen molar-refractivity contribution in [2.75, 3.05) is 6.54 Å². The lowest BCUT2D eigenvalue weighted by atomic mass is 9.88. The molecule has 1 heteroatoms. The topological polar surface area (TPSA) is 12.0 Å². The molecule has 1 aromatic carbocycles. The number of fused-ring (bicyclic) bond motifs is 1. The first kappa shape index (κ1) is 12.8. The molecule has 0 bridgehead atoms. The van der Waals surface area contributed by atoms with Gasteiger partial charge in [-0.1, -0.05) is 44.0 Å². The molecule has 2 rings (SSSR count). The summed E-state index contributed by atoms with van der Waals surface area (Å²) >= 11 is 0. The molecule has 1 unspecified atom stereocenters. The van der Waals surface area contributed by atoms with Crippen molar-refractivity contribution in [1.82, 2.24) is 5.32 Å². The Morgan fingerprint density at radius 2 is 2.12 bits per heavy atom. The summed E-state index contributed by atoms with van der Waals surface area (Å²) in [6, 6.07) is 9.12. The first-order valence-electron chi connectivity index (χ1n) is 6.16. The van der Waals surface area contributed by atoms with Crippen LogP contribution in [0.15, 0.2) is 24.3 Å². The van der Waals surface area contributed by atoms with Gasteiger partial charge in [-0.15, -0.1) is 6.42 Å². The molecule has 0 saturated heterocycles. The Morgan fingerprint density at radius 1 is 1.38 bits per heavy atom. The zero-order valence-corrected chi connectivity index (χ0v) is 10.3. The Kier molecular flexibility index (Phi) is 5.67. The Hall–Kier alpha value is -1.26. The number of benzene rings is 1. The molecule has 1 N–H and O–H groups in total. The van der Waals surface area contributed by atoms with Gasteiger partial charge in [0.05, 0.1) is 6.54 Å². The fraction of sp³-hybridized carbons (Fsp3) is 0.467. The van der Waals surface area contributed by atoms with E-state index in [1.165, 1.54) is 30.4 Å². The molecule has 0 amide bonds. The summed E-state index contributed by atoms with van der Waals surface area (Å²) in [5.41, 5.74) is 2.92. The number of hydrogen-bond acceptors (Lipinski definition) is 1. The van der Waals surface area contributed by atoms with Crippen molar-refractivity contribution < 1.29 is 0 Å². The Morgan fingerprint density at radius 3 is 2.88 bits per heavy atom. The van der Waals surface area contributed by atoms with Crippen molar-refractivity contribution in [3.63, 3.8) is 0 Å². The molecule has 1 nitrogen and oxygen atoms in total. The highest BCUT2D eigenvalue weighted by molar-refractivity contribution is 5.32. The number of aryl methyl sites for hydroxylation is 1. The van der Waals surface area contributed by atoms with Crippen LogP contribution in [0.5, 0.6) is 0 Å². The van der Waals surface area contributed by atoms with Crippen LogP contribution in [-0.2, 0) is 6.42 Å². The van der Waals surface area contributed by atoms with Crippen LogP contribution in [0, 0.1) is 12.3 Å². The second kappa shape index (κ2) is 7.09. The second-order valence-corrected chi connectivity index (χ2v) is 3.73. The molecular weight excluding hydrogens is 194 g/mol. The molecule has 16 heavy (non-hydrogen) atoms. The summed E-state index contributed by atoms with van der Waals surface area (Å²) in [6.07, 6.45) is 8.94. The van der Waals surface area contributed by atoms with Crippen LogP contribution in [0.2, 0.25) is 0 Å². The summed E-state index contributed by atoms with van der Waals surface area (Å²) in [5, 5.41) is 3.39. The average Bonchev–Trinajstić information content (AvgIpc) is 2.38. The van der Waals surface area contributed by atoms with E-state index in [1.54, 1.807) is 0 Å². The Labute approximate surface area is 99.3 Å². The van der Waals surface area contributed by atoms with Crippen LogP contribution in [0.4, 0.5) is 0 Å². The molecule has 1 aliphatic rings. The maximum Gasteiger partial charge on any atom is 0.0578 e. The van der Waals surface area contributed by atoms with Gasteiger partial charge in [0.15, 0.2) is 0 Å². The van der Waals surface area contributed by atoms with Crippen LogP contribution >= 0.6 is 0 Å². The van der Waals surface area contributed by atoms with Gasteiger partial charge < -0.3 is 0 Å². The molecule has 1 aliphatic carbocycles. The summed E-state index contributed by atoms with van der Waals surface area (Å²) in [7, 11) is 0. The fourth-order valence-electron chi connectivity index (χ4n) is 2.15. The summed E-state index contributed by atoms with van der Waals surface area (Å²) in [6.45, 7) is 4.67. The molecule has 0 heterocycles. The minimum absolute atomic E-state index is 0.469. The highest BCUT2D eigenvalue weighted by atomic mass is 14.9. The monoisotopic (exact) mass is 215 g/mol. The quantitative estimate of drug-likeness (QED) is 0.746. The maximum atomic E-state index is 5.25. The minimum atomic E-state index is 0.469. The van der Waals surface area contributed by atoms with E-state index in [1.807, 2.05) is 13.8 Å². The first-order valence-corrected chi connectivity index (χ1v) is 6.16. The number of nitrogens with one attached hydrogen (secondary N) is 1. The minimum Gasteiger partial charge on any atom is -0.299 e. The van der Waals surface area contributed by atoms with Crippen LogP contribution in [-0.4, -0.2) is 6.54 Å². The molecule has 0 fully saturated rings. The zero-order chi connectivity index (χ0) is 11.8. The van der Waals surface area contributed by atoms with Crippen molar-refractivity contribution >= 4 is 0 Å². The summed E-state index contributed by atoms with van der Waals surface area (Å²) in [4.78, 5) is 0. The molecule has 0 aliphatic heterocycles. The largest absolute Gasteiger partial charge is 0.299 e. The third-order valence-corrected chi connectivity index (χ3v) is 2.82. The van der Waals surface area contributed by atoms with Gasteiger partial charge in [-0.25, -0.2) is 0 Å². The van der Waals surface area contributed by atoms with Gasteiger partial charge in [-0.2, -0.15) is 0 Å². The lowest BCUT2D eigenvalue weighted by Crippen LogP contribution is -2.25. The first-order chi connectivity index (χ1) is 7.92. The van der Waals surface area contributed by atoms with E-state index in [2.05, 4.69) is 35.5 Å². The van der Waals surface area contributed by atoms with Crippen molar-refractivity contribution in [3.05, 3.63) is 35.4 Å². The third-order valence-electron chi connectivity index (χ3n) is 2.82. The average molecular weight is 215 g/mol. The van der Waals surface area contributed by atoms with Crippen LogP contribution in [0.1, 0.15) is 43.9 Å². The van der Waals surface area contributed by atoms with Crippen LogP contribution < -0.4 is 5.32 Å². The van der Waals surface area contributed by atoms with Crippen LogP contribution in [0.25, 0.3) is 0 Å². The summed E-state index contributed by atoms with van der Waals surface area (Å²) < 4.78 is 0. The second-order valence-electron chi connectivity index (χ2n) is 3.73. The van der Waals surface area contributed by atoms with Gasteiger partial charge >= 0.3 is 0 Å². The van der Waals surface area contributed by atoms with Gasteiger partial charge in [0, 0.05) is 6.04 Å². The molecule has 0 aromatic heterocycles. The molecule has 0 spiro atoms. The number of rotatable bonds is 2. The lowest BCUT2D eigenvalue weighted by Gasteiger charge is -2.25. The number of terminal acetylenes is 1. The normalized spacial score (nSPS) is 17.7. The summed E-state index contributed by atoms with van der Waals surface area (Å²) in [5.74, 6) is 2.63.